The van der Waals surface area contributed by atoms with Crippen LogP contribution in [0, 0.1) is 451 Å². The number of nitro groups is 1. The number of nitro benzene ring substituents is 1. The fourth-order valence-electron chi connectivity index (χ4n) is 5.15. The number of ether oxygens (including phenoxy) is 6. The van der Waals surface area contributed by atoms with E-state index in [0.29, 0.717) is 0 Å². The van der Waals surface area contributed by atoms with Gasteiger partial charge in [0, 0.05) is 447 Å². The molecule has 1 aromatic carbocycles. The quantitative estimate of drug-likeness (QED) is 0.0735. The molecule has 1 aromatic rings. The maximum Gasteiger partial charge on any atom is 0.288 e. The van der Waals surface area contributed by atoms with E-state index in [4.69, 9.17) is 40.0 Å². The van der Waals surface area contributed by atoms with Gasteiger partial charge in [-0.2, -0.15) is 0 Å². The molecular weight excluding hydrogens is 2910 g/mol. The van der Waals surface area contributed by atoms with Gasteiger partial charge in [0.25, 0.3) is 5.69 Å². The van der Waals surface area contributed by atoms with Gasteiger partial charge in [-0.1, -0.05) is 17.7 Å². The molecule has 10 N–H and O–H groups in total. The Labute approximate surface area is 679 Å². The topological polar surface area (TPSA) is 301 Å². The smallest absolute Gasteiger partial charge is 0.288 e. The van der Waals surface area contributed by atoms with Crippen molar-refractivity contribution in [1.82, 2.24) is 0 Å². The van der Waals surface area contributed by atoms with Gasteiger partial charge in [-0.05, 0) is 11.6 Å². The first-order valence-corrected chi connectivity index (χ1v) is 14.1. The van der Waals surface area contributed by atoms with Crippen LogP contribution in [0.3, 0.4) is 0 Å². The Bertz CT molecular complexity index is 1170. The maximum absolute atomic E-state index is 11.1. The van der Waals surface area contributed by atoms with Crippen molar-refractivity contribution in [2.75, 3.05) is 19.8 Å². The normalized spacial score (nSPS) is 34.7. The van der Waals surface area contributed by atoms with Crippen molar-refractivity contribution in [3.8, 4) is 0 Å². The molecule has 55 heavy (non-hydrogen) atoms. The molecule has 10 radical (unpaired) electrons. The number of aliphatic hydroxyl groups excluding tert-OH is 10. The van der Waals surface area contributed by atoms with Crippen LogP contribution in [0.4, 0.5) is 5.69 Å². The van der Waals surface area contributed by atoms with Crippen molar-refractivity contribution in [3.63, 3.8) is 0 Å². The number of benzene rings is 1. The maximum atomic E-state index is 11.1. The second-order valence-corrected chi connectivity index (χ2v) is 11.1. The molecule has 286 valence electrons. The van der Waals surface area contributed by atoms with Gasteiger partial charge in [0.1, 0.15) is 78.3 Å². The molecule has 3 fully saturated rings. The first-order chi connectivity index (χ1) is 21.3. The number of hydrogen-bond acceptors (Lipinski definition) is 18. The molecule has 3 heterocycles. The molecule has 3 aliphatic heterocycles. The molecule has 4 rings (SSSR count). The van der Waals surface area contributed by atoms with Crippen molar-refractivity contribution in [2.24, 2.45) is 0 Å². The molecule has 19 nitrogen and oxygen atoms in total. The van der Waals surface area contributed by atoms with Gasteiger partial charge >= 0.3 is 0 Å². The predicted octanol–water partition coefficient (Wildman–Crippen LogP) is -4.79. The average molecular weight is 2940 g/mol. The zero-order chi connectivity index (χ0) is 33.2. The predicted molar refractivity (Wildman–Crippen MR) is 142 cm³/mol. The molecule has 3 aliphatic rings. The summed E-state index contributed by atoms with van der Waals surface area (Å²) in [5.41, 5.74) is -0.113. The van der Waals surface area contributed by atoms with Crippen LogP contribution in [0.15, 0.2) is 18.2 Å². The largest absolute Gasteiger partial charge is 0.394 e. The van der Waals surface area contributed by atoms with E-state index in [9.17, 15) is 61.2 Å². The van der Waals surface area contributed by atoms with E-state index in [1.54, 1.807) is 0 Å². The van der Waals surface area contributed by atoms with Crippen LogP contribution in [0.25, 0.3) is 0 Å². The van der Waals surface area contributed by atoms with Crippen molar-refractivity contribution in [3.05, 3.63) is 38.9 Å². The van der Waals surface area contributed by atoms with Crippen LogP contribution in [-0.4, -0.2) is 168 Å². The summed E-state index contributed by atoms with van der Waals surface area (Å²) in [6.07, 6.45) is -25.5. The van der Waals surface area contributed by atoms with Crippen molar-refractivity contribution < 1.29 is 525 Å². The van der Waals surface area contributed by atoms with E-state index >= 15 is 0 Å². The SMILES string of the molecule is O=[N+]([O-])c1cc(COC2OC(CO)C(OC3OC(CO)C(OC4OC(CO)C(O)C(O)C4O)C(O)C3O)C(O)C2O)ccc1Cl.[Ac].[Ac].[Ac].[Ac].[Ac].[Ac].[Ac].[Ac].[Ac].[Ac]. The average Bonchev–Trinajstić information content (AvgIpc) is 3.02. The fourth-order valence-corrected chi connectivity index (χ4v) is 5.33. The Kier molecular flexibility index (Phi) is 62.5. The number of aliphatic hydroxyl groups is 10. The van der Waals surface area contributed by atoms with Gasteiger partial charge in [-0.15, -0.1) is 0 Å². The van der Waals surface area contributed by atoms with Crippen LogP contribution in [0.1, 0.15) is 5.56 Å². The van der Waals surface area contributed by atoms with E-state index in [2.05, 4.69) is 0 Å². The van der Waals surface area contributed by atoms with E-state index in [-0.39, 0.29) is 464 Å². The standard InChI is InChI=1S/C25H36ClNO18.10Ac/c26-9-2-1-8(3-10(9)27(38)39)7-40-23-19(36)16(33)21(12(5-29)42-23)45-25-20(37)17(34)22(13(6-30)43-25)44-24-18(35)15(32)14(31)11(4-28)41-24;;;;;;;;;;/h1-3,11-25,28-37H,4-7H2;;;;;;;;;;. The Hall–Kier alpha value is 12.7. The first-order valence-electron chi connectivity index (χ1n) is 13.7. The molecular formula is C25H36Ac10ClNO18. The van der Waals surface area contributed by atoms with Gasteiger partial charge in [0.05, 0.1) is 31.4 Å². The number of rotatable bonds is 11. The monoisotopic (exact) mass is 2940 g/mol. The number of nitrogens with zero attached hydrogens (tertiary/aromatic N) is 1. The third-order valence-electron chi connectivity index (χ3n) is 7.69. The number of hydrogen-bond donors (Lipinski definition) is 10. The minimum Gasteiger partial charge on any atom is -0.394 e. The Morgan fingerprint density at radius 1 is 0.582 bits per heavy atom. The van der Waals surface area contributed by atoms with Gasteiger partial charge in [-0.3, -0.25) is 10.1 Å². The minimum absolute atomic E-state index is 0. The van der Waals surface area contributed by atoms with Gasteiger partial charge in [0.2, 0.25) is 0 Å². The van der Waals surface area contributed by atoms with Crippen LogP contribution in [-0.2, 0) is 35.0 Å². The second-order valence-electron chi connectivity index (χ2n) is 10.7. The van der Waals surface area contributed by atoms with Crippen LogP contribution in [0.2, 0.25) is 5.02 Å². The van der Waals surface area contributed by atoms with Crippen molar-refractivity contribution >= 4 is 17.3 Å². The van der Waals surface area contributed by atoms with E-state index in [1.165, 1.54) is 12.1 Å². The zero-order valence-electron chi connectivity index (χ0n) is 29.1. The summed E-state index contributed by atoms with van der Waals surface area (Å²) in [6.45, 7) is -2.77. The third-order valence-corrected chi connectivity index (χ3v) is 8.01. The second kappa shape index (κ2) is 42.1. The molecule has 0 bridgehead atoms. The van der Waals surface area contributed by atoms with Crippen molar-refractivity contribution in [2.45, 2.75) is 98.7 Å². The van der Waals surface area contributed by atoms with Gasteiger partial charge < -0.3 is 79.5 Å². The molecule has 30 heteroatoms. The van der Waals surface area contributed by atoms with Gasteiger partial charge in [0.15, 0.2) is 18.9 Å². The molecule has 15 atom stereocenters. The molecule has 15 unspecified atom stereocenters. The van der Waals surface area contributed by atoms with Gasteiger partial charge in [-0.25, -0.2) is 0 Å². The Morgan fingerprint density at radius 2 is 0.964 bits per heavy atom. The zero-order valence-corrected chi connectivity index (χ0v) is 77.3. The Morgan fingerprint density at radius 3 is 1.38 bits per heavy atom. The summed E-state index contributed by atoms with van der Waals surface area (Å²) in [7, 11) is 0. The van der Waals surface area contributed by atoms with Crippen LogP contribution >= 0.6 is 11.6 Å². The van der Waals surface area contributed by atoms with E-state index < -0.39 is 117 Å². The molecule has 0 amide bonds. The van der Waals surface area contributed by atoms with Crippen LogP contribution in [0.5, 0.6) is 0 Å². The molecule has 0 aliphatic carbocycles. The van der Waals surface area contributed by atoms with E-state index in [1.807, 2.05) is 0 Å². The van der Waals surface area contributed by atoms with E-state index in [0.717, 1.165) is 6.07 Å². The first kappa shape index (κ1) is 81.7. The summed E-state index contributed by atoms with van der Waals surface area (Å²) in [6, 6.07) is 3.84. The molecule has 0 saturated carbocycles. The summed E-state index contributed by atoms with van der Waals surface area (Å²) < 4.78 is 32.9. The summed E-state index contributed by atoms with van der Waals surface area (Å²) >= 11 is 5.80. The van der Waals surface area contributed by atoms with Crippen LogP contribution < -0.4 is 0 Å². The summed E-state index contributed by atoms with van der Waals surface area (Å²) in [5.74, 6) is 0. The minimum atomic E-state index is -1.97. The van der Waals surface area contributed by atoms with Crippen molar-refractivity contribution in [1.29, 1.82) is 0 Å². The molecule has 3 saturated heterocycles. The summed E-state index contributed by atoms with van der Waals surface area (Å²) in [4.78, 5) is 10.4. The summed E-state index contributed by atoms with van der Waals surface area (Å²) in [5, 5.41) is 114. The molecule has 0 spiro atoms. The number of halogens is 1. The Balaban J connectivity index is -0.000000461. The fraction of sp³-hybridized carbons (Fsp3) is 0.760. The molecule has 0 aromatic heterocycles. The third kappa shape index (κ3) is 23.6.